The van der Waals surface area contributed by atoms with Crippen LogP contribution in [0.25, 0.3) is 0 Å². The molecular formula is C14H15ClN4O. The van der Waals surface area contributed by atoms with Crippen LogP contribution in [0.3, 0.4) is 0 Å². The zero-order chi connectivity index (χ0) is 14.1. The largest absolute Gasteiger partial charge is 0.424 e. The van der Waals surface area contributed by atoms with Gasteiger partial charge in [-0.25, -0.2) is 0 Å². The maximum absolute atomic E-state index is 5.89. The minimum absolute atomic E-state index is 0.125. The van der Waals surface area contributed by atoms with Crippen LogP contribution >= 0.6 is 11.6 Å². The molecule has 20 heavy (non-hydrogen) atoms. The van der Waals surface area contributed by atoms with Crippen LogP contribution in [-0.4, -0.2) is 29.0 Å². The Balaban J connectivity index is 1.87. The van der Waals surface area contributed by atoms with Crippen LogP contribution in [0.15, 0.2) is 18.2 Å². The average Bonchev–Trinajstić information content (AvgIpc) is 2.85. The van der Waals surface area contributed by atoms with E-state index in [4.69, 9.17) is 16.3 Å². The number of hydrogen-bond donors (Lipinski definition) is 0. The second kappa shape index (κ2) is 5.25. The smallest absolute Gasteiger partial charge is 0.328 e. The first-order chi connectivity index (χ1) is 9.61. The molecule has 0 atom stereocenters. The van der Waals surface area contributed by atoms with Gasteiger partial charge in [-0.15, -0.1) is 0 Å². The van der Waals surface area contributed by atoms with Gasteiger partial charge in [0.2, 0.25) is 11.2 Å². The quantitative estimate of drug-likeness (QED) is 0.870. The van der Waals surface area contributed by atoms with E-state index >= 15 is 0 Å². The SMILES string of the molecule is CN(C)c1nc(Cl)nc(Oc2ccc3c(c2)CCC3)n1. The van der Waals surface area contributed by atoms with Crippen LogP contribution in [0, 0.1) is 0 Å². The minimum atomic E-state index is 0.125. The van der Waals surface area contributed by atoms with Gasteiger partial charge in [0.15, 0.2) is 0 Å². The molecule has 3 rings (SSSR count). The van der Waals surface area contributed by atoms with Gasteiger partial charge in [-0.1, -0.05) is 6.07 Å². The molecule has 1 aliphatic carbocycles. The Morgan fingerprint density at radius 3 is 2.70 bits per heavy atom. The first-order valence-electron chi connectivity index (χ1n) is 6.50. The Labute approximate surface area is 122 Å². The molecule has 0 radical (unpaired) electrons. The molecule has 6 heteroatoms. The van der Waals surface area contributed by atoms with E-state index in [1.165, 1.54) is 17.5 Å². The van der Waals surface area contributed by atoms with Gasteiger partial charge in [0.1, 0.15) is 5.75 Å². The molecule has 0 aliphatic heterocycles. The van der Waals surface area contributed by atoms with Crippen molar-refractivity contribution in [3.8, 4) is 11.8 Å². The van der Waals surface area contributed by atoms with Crippen molar-refractivity contribution in [3.63, 3.8) is 0 Å². The highest BCUT2D eigenvalue weighted by atomic mass is 35.5. The van der Waals surface area contributed by atoms with E-state index in [1.807, 2.05) is 20.2 Å². The van der Waals surface area contributed by atoms with Crippen LogP contribution in [0.2, 0.25) is 5.28 Å². The molecule has 0 amide bonds. The molecule has 1 heterocycles. The lowest BCUT2D eigenvalue weighted by Gasteiger charge is -2.11. The molecule has 0 spiro atoms. The van der Waals surface area contributed by atoms with Crippen molar-refractivity contribution in [2.24, 2.45) is 0 Å². The number of halogens is 1. The van der Waals surface area contributed by atoms with Gasteiger partial charge in [0, 0.05) is 14.1 Å². The van der Waals surface area contributed by atoms with E-state index in [0.29, 0.717) is 5.95 Å². The third-order valence-corrected chi connectivity index (χ3v) is 3.42. The molecular weight excluding hydrogens is 276 g/mol. The molecule has 1 aromatic carbocycles. The summed E-state index contributed by atoms with van der Waals surface area (Å²) in [4.78, 5) is 14.0. The Hall–Kier alpha value is -1.88. The fourth-order valence-electron chi connectivity index (χ4n) is 2.28. The van der Waals surface area contributed by atoms with Gasteiger partial charge < -0.3 is 9.64 Å². The molecule has 0 unspecified atom stereocenters. The summed E-state index contributed by atoms with van der Waals surface area (Å²) in [6.45, 7) is 0. The van der Waals surface area contributed by atoms with E-state index in [1.54, 1.807) is 4.90 Å². The van der Waals surface area contributed by atoms with Crippen molar-refractivity contribution in [3.05, 3.63) is 34.6 Å². The summed E-state index contributed by atoms with van der Waals surface area (Å²) in [5.41, 5.74) is 2.75. The number of fused-ring (bicyclic) bond motifs is 1. The summed E-state index contributed by atoms with van der Waals surface area (Å²) in [5, 5.41) is 0.125. The maximum Gasteiger partial charge on any atom is 0.328 e. The Kier molecular flexibility index (Phi) is 3.44. The van der Waals surface area contributed by atoms with Gasteiger partial charge in [0.05, 0.1) is 0 Å². The average molecular weight is 291 g/mol. The molecule has 0 saturated carbocycles. The molecule has 5 nitrogen and oxygen atoms in total. The fourth-order valence-corrected chi connectivity index (χ4v) is 2.43. The van der Waals surface area contributed by atoms with Gasteiger partial charge in [0.25, 0.3) is 0 Å². The highest BCUT2D eigenvalue weighted by Gasteiger charge is 2.13. The molecule has 0 N–H and O–H groups in total. The zero-order valence-corrected chi connectivity index (χ0v) is 12.2. The van der Waals surface area contributed by atoms with Crippen molar-refractivity contribution < 1.29 is 4.74 Å². The van der Waals surface area contributed by atoms with Crippen molar-refractivity contribution in [2.45, 2.75) is 19.3 Å². The molecule has 104 valence electrons. The fraction of sp³-hybridized carbons (Fsp3) is 0.357. The van der Waals surface area contributed by atoms with Crippen LogP contribution in [0.4, 0.5) is 5.95 Å². The first-order valence-corrected chi connectivity index (χ1v) is 6.88. The van der Waals surface area contributed by atoms with Crippen LogP contribution in [0.1, 0.15) is 17.5 Å². The van der Waals surface area contributed by atoms with Crippen molar-refractivity contribution in [1.82, 2.24) is 15.0 Å². The normalized spacial score (nSPS) is 13.2. The van der Waals surface area contributed by atoms with Gasteiger partial charge >= 0.3 is 6.01 Å². The molecule has 0 fully saturated rings. The number of benzene rings is 1. The third kappa shape index (κ3) is 2.67. The number of nitrogens with zero attached hydrogens (tertiary/aromatic N) is 4. The standard InChI is InChI=1S/C14H15ClN4O/c1-19(2)13-16-12(15)17-14(18-13)20-11-7-6-9-4-3-5-10(9)8-11/h6-8H,3-5H2,1-2H3. The highest BCUT2D eigenvalue weighted by Crippen LogP contribution is 2.28. The number of rotatable bonds is 3. The van der Waals surface area contributed by atoms with Gasteiger partial charge in [-0.05, 0) is 54.1 Å². The van der Waals surface area contributed by atoms with E-state index in [-0.39, 0.29) is 11.3 Å². The summed E-state index contributed by atoms with van der Waals surface area (Å²) < 4.78 is 5.70. The van der Waals surface area contributed by atoms with Crippen LogP contribution in [0.5, 0.6) is 11.8 Å². The summed E-state index contributed by atoms with van der Waals surface area (Å²) in [7, 11) is 3.68. The van der Waals surface area contributed by atoms with E-state index in [9.17, 15) is 0 Å². The number of hydrogen-bond acceptors (Lipinski definition) is 5. The maximum atomic E-state index is 5.89. The second-order valence-corrected chi connectivity index (χ2v) is 5.31. The summed E-state index contributed by atoms with van der Waals surface area (Å²) in [5.74, 6) is 1.21. The summed E-state index contributed by atoms with van der Waals surface area (Å²) in [6.07, 6.45) is 3.46. The van der Waals surface area contributed by atoms with Crippen LogP contribution in [-0.2, 0) is 12.8 Å². The van der Waals surface area contributed by atoms with Crippen LogP contribution < -0.4 is 9.64 Å². The number of ether oxygens (including phenoxy) is 1. The molecule has 0 saturated heterocycles. The monoisotopic (exact) mass is 290 g/mol. The summed E-state index contributed by atoms with van der Waals surface area (Å²) in [6, 6.07) is 6.31. The predicted octanol–water partition coefficient (Wildman–Crippen LogP) is 2.87. The minimum Gasteiger partial charge on any atom is -0.424 e. The number of aryl methyl sites for hydroxylation is 2. The lowest BCUT2D eigenvalue weighted by atomic mass is 10.1. The molecule has 1 aliphatic rings. The first kappa shape index (κ1) is 13.1. The lowest BCUT2D eigenvalue weighted by Crippen LogP contribution is -2.13. The van der Waals surface area contributed by atoms with Gasteiger partial charge in [-0.3, -0.25) is 0 Å². The predicted molar refractivity (Wildman–Crippen MR) is 77.7 cm³/mol. The van der Waals surface area contributed by atoms with E-state index in [0.717, 1.165) is 18.6 Å². The van der Waals surface area contributed by atoms with Crippen molar-refractivity contribution in [1.29, 1.82) is 0 Å². The zero-order valence-electron chi connectivity index (χ0n) is 11.4. The molecule has 0 bridgehead atoms. The third-order valence-electron chi connectivity index (χ3n) is 3.25. The number of aromatic nitrogens is 3. The second-order valence-electron chi connectivity index (χ2n) is 4.97. The molecule has 2 aromatic rings. The Morgan fingerprint density at radius 2 is 1.90 bits per heavy atom. The van der Waals surface area contributed by atoms with Crippen molar-refractivity contribution >= 4 is 17.5 Å². The molecule has 1 aromatic heterocycles. The Bertz CT molecular complexity index is 645. The van der Waals surface area contributed by atoms with E-state index in [2.05, 4.69) is 27.1 Å². The highest BCUT2D eigenvalue weighted by molar-refractivity contribution is 6.28. The lowest BCUT2D eigenvalue weighted by molar-refractivity contribution is 0.439. The topological polar surface area (TPSA) is 51.1 Å². The summed E-state index contributed by atoms with van der Waals surface area (Å²) >= 11 is 5.89. The Morgan fingerprint density at radius 1 is 1.10 bits per heavy atom. The van der Waals surface area contributed by atoms with Gasteiger partial charge in [-0.2, -0.15) is 15.0 Å². The van der Waals surface area contributed by atoms with E-state index < -0.39 is 0 Å². The van der Waals surface area contributed by atoms with Crippen molar-refractivity contribution in [2.75, 3.05) is 19.0 Å². The number of anilines is 1.